The minimum atomic E-state index is -0.867. The molecule has 2 aromatic carbocycles. The number of aromatic nitrogens is 1. The number of carbonyl (C=O) groups is 2. The third-order valence-corrected chi connectivity index (χ3v) is 8.75. The van der Waals surface area contributed by atoms with E-state index in [-0.39, 0.29) is 24.3 Å². The number of nitrogens with zero attached hydrogens (tertiary/aromatic N) is 2. The average molecular weight is 844 g/mol. The second-order valence-corrected chi connectivity index (χ2v) is 12.6. The van der Waals surface area contributed by atoms with Gasteiger partial charge < -0.3 is 23.7 Å². The van der Waals surface area contributed by atoms with Crippen molar-refractivity contribution in [3.05, 3.63) is 92.2 Å². The quantitative estimate of drug-likeness (QED) is 0.149. The molecule has 1 atom stereocenters. The summed E-state index contributed by atoms with van der Waals surface area (Å²) in [6, 6.07) is 8.11. The highest BCUT2D eigenvalue weighted by molar-refractivity contribution is 14.1. The van der Waals surface area contributed by atoms with Crippen LogP contribution >= 0.6 is 56.5 Å². The first kappa shape index (κ1) is 33.7. The molecule has 2 heterocycles. The fourth-order valence-corrected chi connectivity index (χ4v) is 7.59. The van der Waals surface area contributed by atoms with E-state index in [0.29, 0.717) is 51.1 Å². The Bertz CT molecular complexity index is 1810. The number of carbonyl (C=O) groups excluding carboxylic acids is 2. The van der Waals surface area contributed by atoms with Crippen LogP contribution in [0.25, 0.3) is 6.08 Å². The molecule has 0 unspecified atom stereocenters. The summed E-state index contributed by atoms with van der Waals surface area (Å²) >= 11 is 5.65. The van der Waals surface area contributed by atoms with Gasteiger partial charge in [0.1, 0.15) is 12.4 Å². The van der Waals surface area contributed by atoms with Gasteiger partial charge in [0, 0.05) is 9.13 Å². The maximum atomic E-state index is 14.2. The van der Waals surface area contributed by atoms with E-state index in [4.69, 9.17) is 18.9 Å². The number of esters is 2. The first-order valence-corrected chi connectivity index (χ1v) is 16.5. The summed E-state index contributed by atoms with van der Waals surface area (Å²) in [7, 11) is 1.27. The van der Waals surface area contributed by atoms with Gasteiger partial charge in [-0.05, 0) is 102 Å². The van der Waals surface area contributed by atoms with Gasteiger partial charge >= 0.3 is 11.9 Å². The minimum Gasteiger partial charge on any atom is -0.490 e. The van der Waals surface area contributed by atoms with E-state index in [9.17, 15) is 14.4 Å². The molecule has 0 saturated heterocycles. The lowest BCUT2D eigenvalue weighted by Gasteiger charge is -2.25. The van der Waals surface area contributed by atoms with E-state index < -0.39 is 18.0 Å². The molecule has 0 radical (unpaired) electrons. The molecule has 0 bridgehead atoms. The Hall–Kier alpha value is -3.18. The number of halogens is 2. The predicted octanol–water partition coefficient (Wildman–Crippen LogP) is 4.52. The van der Waals surface area contributed by atoms with Gasteiger partial charge in [-0.25, -0.2) is 14.6 Å². The van der Waals surface area contributed by atoms with Crippen molar-refractivity contribution in [2.75, 3.05) is 33.5 Å². The number of thiazole rings is 1. The summed E-state index contributed by atoms with van der Waals surface area (Å²) in [4.78, 5) is 44.3. The molecular formula is C31H30I2N2O8S. The first-order chi connectivity index (χ1) is 21.1. The molecule has 232 valence electrons. The van der Waals surface area contributed by atoms with Crippen molar-refractivity contribution in [1.29, 1.82) is 0 Å². The Kier molecular flexibility index (Phi) is 11.6. The molecule has 0 aliphatic carbocycles. The van der Waals surface area contributed by atoms with E-state index >= 15 is 0 Å². The monoisotopic (exact) mass is 844 g/mol. The van der Waals surface area contributed by atoms with Crippen LogP contribution in [0.2, 0.25) is 0 Å². The normalized spacial score (nSPS) is 14.4. The SMILES string of the molecule is C=CCOc1c(I)cc(I)cc1/C=c1/sc2n(c1=O)[C@@H](c1ccc(OCC(=O)OC)c(OCC)c1)C(C(=O)OCC)=C(C)N=2. The van der Waals surface area contributed by atoms with Gasteiger partial charge in [0.2, 0.25) is 0 Å². The number of hydrogen-bond donors (Lipinski definition) is 0. The third kappa shape index (κ3) is 7.37. The predicted molar refractivity (Wildman–Crippen MR) is 183 cm³/mol. The fraction of sp³-hybridized carbons (Fsp3) is 0.290. The number of allylic oxidation sites excluding steroid dienone is 1. The third-order valence-electron chi connectivity index (χ3n) is 6.34. The topological polar surface area (TPSA) is 115 Å². The van der Waals surface area contributed by atoms with Gasteiger partial charge in [0.25, 0.3) is 5.56 Å². The Labute approximate surface area is 285 Å². The Morgan fingerprint density at radius 3 is 2.55 bits per heavy atom. The molecule has 1 aliphatic heterocycles. The van der Waals surface area contributed by atoms with Crippen LogP contribution < -0.4 is 29.1 Å². The molecule has 1 aromatic heterocycles. The van der Waals surface area contributed by atoms with Gasteiger partial charge in [0.15, 0.2) is 22.9 Å². The Balaban J connectivity index is 1.93. The minimum absolute atomic E-state index is 0.149. The summed E-state index contributed by atoms with van der Waals surface area (Å²) in [6.45, 7) is 9.44. The highest BCUT2D eigenvalue weighted by Crippen LogP contribution is 2.36. The second kappa shape index (κ2) is 15.2. The maximum Gasteiger partial charge on any atom is 0.343 e. The second-order valence-electron chi connectivity index (χ2n) is 9.21. The molecule has 3 aromatic rings. The van der Waals surface area contributed by atoms with Crippen LogP contribution in [0.3, 0.4) is 0 Å². The summed E-state index contributed by atoms with van der Waals surface area (Å²) in [5.74, 6) is 0.163. The van der Waals surface area contributed by atoms with E-state index in [0.717, 1.165) is 12.7 Å². The summed E-state index contributed by atoms with van der Waals surface area (Å²) < 4.78 is 31.3. The van der Waals surface area contributed by atoms with Gasteiger partial charge in [0.05, 0.1) is 45.7 Å². The molecule has 10 nitrogen and oxygen atoms in total. The number of benzene rings is 2. The lowest BCUT2D eigenvalue weighted by Crippen LogP contribution is -2.40. The van der Waals surface area contributed by atoms with Crippen LogP contribution in [-0.2, 0) is 19.1 Å². The lowest BCUT2D eigenvalue weighted by atomic mass is 9.95. The van der Waals surface area contributed by atoms with Gasteiger partial charge in [-0.1, -0.05) is 30.1 Å². The first-order valence-electron chi connectivity index (χ1n) is 13.5. The van der Waals surface area contributed by atoms with Crippen molar-refractivity contribution in [3.8, 4) is 17.2 Å². The largest absolute Gasteiger partial charge is 0.490 e. The summed E-state index contributed by atoms with van der Waals surface area (Å²) in [6.07, 6.45) is 3.44. The van der Waals surface area contributed by atoms with Gasteiger partial charge in [-0.15, -0.1) is 0 Å². The Morgan fingerprint density at radius 2 is 1.86 bits per heavy atom. The van der Waals surface area contributed by atoms with Crippen LogP contribution in [0, 0.1) is 7.14 Å². The summed E-state index contributed by atoms with van der Waals surface area (Å²) in [5, 5.41) is 0. The standard InChI is InChI=1S/C31H30I2N2O8S/c1-6-11-42-28-19(12-20(32)15-21(28)33)14-24-29(37)35-27(26(30(38)41-8-3)17(4)34-31(35)44-24)18-9-10-22(23(13-18)40-7-2)43-16-25(36)39-5/h6,9-10,12-15,27H,1,7-8,11,16H2,2-5H3/b24-14+/t27-/m0/s1. The van der Waals surface area contributed by atoms with Crippen molar-refractivity contribution in [1.82, 2.24) is 4.57 Å². The van der Waals surface area contributed by atoms with E-state index in [2.05, 4.69) is 61.5 Å². The molecular weight excluding hydrogens is 814 g/mol. The van der Waals surface area contributed by atoms with Crippen LogP contribution in [0.4, 0.5) is 0 Å². The van der Waals surface area contributed by atoms with Gasteiger partial charge in [-0.2, -0.15) is 0 Å². The summed E-state index contributed by atoms with van der Waals surface area (Å²) in [5.41, 5.74) is 1.64. The molecule has 1 aliphatic rings. The van der Waals surface area contributed by atoms with Crippen LogP contribution in [0.5, 0.6) is 17.2 Å². The zero-order chi connectivity index (χ0) is 32.0. The Morgan fingerprint density at radius 1 is 1.09 bits per heavy atom. The molecule has 0 spiro atoms. The zero-order valence-electron chi connectivity index (χ0n) is 24.5. The van der Waals surface area contributed by atoms with Crippen LogP contribution in [0.15, 0.2) is 64.0 Å². The van der Waals surface area contributed by atoms with Crippen molar-refractivity contribution >= 4 is 74.5 Å². The molecule has 44 heavy (non-hydrogen) atoms. The average Bonchev–Trinajstić information content (AvgIpc) is 3.29. The van der Waals surface area contributed by atoms with Crippen molar-refractivity contribution in [2.24, 2.45) is 4.99 Å². The van der Waals surface area contributed by atoms with E-state index in [1.807, 2.05) is 19.1 Å². The van der Waals surface area contributed by atoms with Crippen LogP contribution in [-0.4, -0.2) is 50.0 Å². The molecule has 0 fully saturated rings. The highest BCUT2D eigenvalue weighted by atomic mass is 127. The molecule has 0 saturated carbocycles. The number of fused-ring (bicyclic) bond motifs is 1. The lowest BCUT2D eigenvalue weighted by molar-refractivity contribution is -0.143. The van der Waals surface area contributed by atoms with Crippen molar-refractivity contribution < 1.29 is 33.3 Å². The molecule has 13 heteroatoms. The van der Waals surface area contributed by atoms with Gasteiger partial charge in [-0.3, -0.25) is 9.36 Å². The number of methoxy groups -OCH3 is 1. The number of ether oxygens (including phenoxy) is 5. The fourth-order valence-electron chi connectivity index (χ4n) is 4.51. The number of hydrogen-bond acceptors (Lipinski definition) is 10. The molecule has 0 N–H and O–H groups in total. The maximum absolute atomic E-state index is 14.2. The van der Waals surface area contributed by atoms with E-state index in [1.165, 1.54) is 23.0 Å². The van der Waals surface area contributed by atoms with Crippen molar-refractivity contribution in [2.45, 2.75) is 26.8 Å². The zero-order valence-corrected chi connectivity index (χ0v) is 29.6. The molecule has 0 amide bonds. The highest BCUT2D eigenvalue weighted by Gasteiger charge is 2.34. The van der Waals surface area contributed by atoms with Crippen LogP contribution in [0.1, 0.15) is 37.9 Å². The van der Waals surface area contributed by atoms with Crippen molar-refractivity contribution in [3.63, 3.8) is 0 Å². The number of rotatable bonds is 12. The smallest absolute Gasteiger partial charge is 0.343 e. The van der Waals surface area contributed by atoms with E-state index in [1.54, 1.807) is 44.2 Å². The molecule has 4 rings (SSSR count).